The summed E-state index contributed by atoms with van der Waals surface area (Å²) >= 11 is 12.3. The minimum absolute atomic E-state index is 0.623. The maximum atomic E-state index is 6.25. The molecule has 2 heterocycles. The van der Waals surface area contributed by atoms with E-state index in [0.29, 0.717) is 24.8 Å². The summed E-state index contributed by atoms with van der Waals surface area (Å²) in [5, 5.41) is 2.44. The Bertz CT molecular complexity index is 851. The van der Waals surface area contributed by atoms with Crippen LogP contribution in [0, 0.1) is 18.8 Å². The van der Waals surface area contributed by atoms with Crippen LogP contribution in [0.2, 0.25) is 5.02 Å². The van der Waals surface area contributed by atoms with E-state index in [1.807, 2.05) is 43.0 Å². The Kier molecular flexibility index (Phi) is 5.25. The Labute approximate surface area is 152 Å². The molecule has 1 aromatic carbocycles. The number of fused-ring (bicyclic) bond motifs is 1. The van der Waals surface area contributed by atoms with E-state index in [4.69, 9.17) is 23.2 Å². The molecule has 6 heteroatoms. The zero-order valence-corrected chi connectivity index (χ0v) is 15.2. The third-order valence-electron chi connectivity index (χ3n) is 3.90. The van der Waals surface area contributed by atoms with E-state index in [9.17, 15) is 0 Å². The third kappa shape index (κ3) is 3.81. The highest BCUT2D eigenvalue weighted by molar-refractivity contribution is 6.31. The molecule has 1 aliphatic rings. The second kappa shape index (κ2) is 7.40. The van der Waals surface area contributed by atoms with Gasteiger partial charge in [0.05, 0.1) is 25.3 Å². The lowest BCUT2D eigenvalue weighted by Gasteiger charge is -2.33. The maximum absolute atomic E-state index is 6.25. The minimum Gasteiger partial charge on any atom is -0.338 e. The van der Waals surface area contributed by atoms with Gasteiger partial charge in [0, 0.05) is 22.6 Å². The van der Waals surface area contributed by atoms with Gasteiger partial charge in [-0.05, 0) is 38.1 Å². The fraction of sp³-hybridized carbons (Fsp3) is 0.333. The van der Waals surface area contributed by atoms with Crippen molar-refractivity contribution in [2.75, 3.05) is 19.8 Å². The van der Waals surface area contributed by atoms with Gasteiger partial charge in [-0.3, -0.25) is 4.90 Å². The van der Waals surface area contributed by atoms with Gasteiger partial charge >= 0.3 is 0 Å². The van der Waals surface area contributed by atoms with Crippen LogP contribution in [0.5, 0.6) is 0 Å². The molecule has 1 aliphatic heterocycles. The SMILES string of the molecule is CC#CCN1CN(Cc2nc(C)c3cc(Cl)ccc3n2)CC=C1Cl. The molecule has 124 valence electrons. The minimum atomic E-state index is 0.623. The van der Waals surface area contributed by atoms with Crippen LogP contribution < -0.4 is 0 Å². The Hall–Kier alpha value is -1.80. The molecule has 0 saturated carbocycles. The number of hydrogen-bond donors (Lipinski definition) is 0. The van der Waals surface area contributed by atoms with Crippen LogP contribution in [0.4, 0.5) is 0 Å². The standard InChI is InChI=1S/C18H18Cl2N4/c1-3-4-8-24-12-23(9-7-17(24)20)11-18-21-13(2)15-10-14(19)5-6-16(15)22-18/h5-7,10H,8-9,11-12H2,1-2H3. The van der Waals surface area contributed by atoms with E-state index in [-0.39, 0.29) is 0 Å². The van der Waals surface area contributed by atoms with E-state index in [0.717, 1.165) is 34.1 Å². The molecule has 0 amide bonds. The number of nitrogens with zero attached hydrogens (tertiary/aromatic N) is 4. The van der Waals surface area contributed by atoms with Gasteiger partial charge in [-0.1, -0.05) is 29.1 Å². The average molecular weight is 361 g/mol. The summed E-state index contributed by atoms with van der Waals surface area (Å²) in [5.74, 6) is 6.75. The van der Waals surface area contributed by atoms with Gasteiger partial charge < -0.3 is 4.90 Å². The van der Waals surface area contributed by atoms with Crippen LogP contribution in [0.15, 0.2) is 29.4 Å². The Morgan fingerprint density at radius 1 is 1.25 bits per heavy atom. The van der Waals surface area contributed by atoms with Gasteiger partial charge in [0.1, 0.15) is 11.0 Å². The molecular formula is C18H18Cl2N4. The topological polar surface area (TPSA) is 32.3 Å². The van der Waals surface area contributed by atoms with Gasteiger partial charge in [0.2, 0.25) is 0 Å². The van der Waals surface area contributed by atoms with E-state index in [1.165, 1.54) is 0 Å². The molecule has 0 fully saturated rings. The number of aromatic nitrogens is 2. The lowest BCUT2D eigenvalue weighted by Crippen LogP contribution is -2.40. The van der Waals surface area contributed by atoms with E-state index in [1.54, 1.807) is 0 Å². The maximum Gasteiger partial charge on any atom is 0.143 e. The predicted molar refractivity (Wildman–Crippen MR) is 98.7 cm³/mol. The molecule has 1 aromatic heterocycles. The van der Waals surface area contributed by atoms with E-state index < -0.39 is 0 Å². The number of aryl methyl sites for hydroxylation is 1. The van der Waals surface area contributed by atoms with Crippen molar-refractivity contribution in [3.8, 4) is 11.8 Å². The molecule has 0 N–H and O–H groups in total. The highest BCUT2D eigenvalue weighted by Crippen LogP contribution is 2.21. The van der Waals surface area contributed by atoms with E-state index in [2.05, 4.69) is 26.7 Å². The van der Waals surface area contributed by atoms with Crippen molar-refractivity contribution in [2.24, 2.45) is 0 Å². The van der Waals surface area contributed by atoms with Gasteiger partial charge in [-0.15, -0.1) is 5.92 Å². The van der Waals surface area contributed by atoms with Crippen molar-refractivity contribution in [1.82, 2.24) is 19.8 Å². The summed E-state index contributed by atoms with van der Waals surface area (Å²) in [7, 11) is 0. The molecule has 24 heavy (non-hydrogen) atoms. The van der Waals surface area contributed by atoms with Crippen molar-refractivity contribution < 1.29 is 0 Å². The Morgan fingerprint density at radius 2 is 2.08 bits per heavy atom. The number of hydrogen-bond acceptors (Lipinski definition) is 4. The van der Waals surface area contributed by atoms with Crippen LogP contribution in [-0.2, 0) is 6.54 Å². The van der Waals surface area contributed by atoms with Gasteiger partial charge in [0.15, 0.2) is 0 Å². The lowest BCUT2D eigenvalue weighted by atomic mass is 10.2. The first-order valence-electron chi connectivity index (χ1n) is 7.72. The van der Waals surface area contributed by atoms with E-state index >= 15 is 0 Å². The van der Waals surface area contributed by atoms with Crippen LogP contribution in [0.25, 0.3) is 10.9 Å². The Morgan fingerprint density at radius 3 is 2.88 bits per heavy atom. The largest absolute Gasteiger partial charge is 0.338 e. The summed E-state index contributed by atoms with van der Waals surface area (Å²) in [5.41, 5.74) is 1.86. The van der Waals surface area contributed by atoms with Crippen molar-refractivity contribution in [3.05, 3.63) is 46.0 Å². The van der Waals surface area contributed by atoms with Crippen molar-refractivity contribution in [2.45, 2.75) is 20.4 Å². The molecule has 0 spiro atoms. The number of benzene rings is 1. The van der Waals surface area contributed by atoms with Crippen LogP contribution >= 0.6 is 23.2 Å². The summed E-state index contributed by atoms with van der Waals surface area (Å²) in [4.78, 5) is 13.6. The molecule has 0 saturated heterocycles. The molecule has 2 aromatic rings. The zero-order chi connectivity index (χ0) is 17.1. The monoisotopic (exact) mass is 360 g/mol. The first kappa shape index (κ1) is 17.0. The first-order valence-corrected chi connectivity index (χ1v) is 8.48. The van der Waals surface area contributed by atoms with Crippen LogP contribution in [0.1, 0.15) is 18.4 Å². The summed E-state index contributed by atoms with van der Waals surface area (Å²) < 4.78 is 0. The lowest BCUT2D eigenvalue weighted by molar-refractivity contribution is 0.166. The predicted octanol–water partition coefficient (Wildman–Crippen LogP) is 3.77. The van der Waals surface area contributed by atoms with Crippen molar-refractivity contribution in [1.29, 1.82) is 0 Å². The molecule has 4 nitrogen and oxygen atoms in total. The quantitative estimate of drug-likeness (QED) is 0.615. The molecule has 3 rings (SSSR count). The normalized spacial score (nSPS) is 15.2. The fourth-order valence-electron chi connectivity index (χ4n) is 2.70. The molecular weight excluding hydrogens is 343 g/mol. The summed E-state index contributed by atoms with van der Waals surface area (Å²) in [6.45, 7) is 6.59. The molecule has 0 atom stereocenters. The van der Waals surface area contributed by atoms with Crippen molar-refractivity contribution >= 4 is 34.1 Å². The first-order chi connectivity index (χ1) is 11.6. The summed E-state index contributed by atoms with van der Waals surface area (Å²) in [6.07, 6.45) is 2.00. The average Bonchev–Trinajstić information content (AvgIpc) is 2.56. The summed E-state index contributed by atoms with van der Waals surface area (Å²) in [6, 6.07) is 5.70. The Balaban J connectivity index is 1.79. The number of rotatable bonds is 3. The number of halogens is 2. The molecule has 0 unspecified atom stereocenters. The molecule has 0 aliphatic carbocycles. The van der Waals surface area contributed by atoms with Gasteiger partial charge in [-0.2, -0.15) is 0 Å². The molecule has 0 radical (unpaired) electrons. The van der Waals surface area contributed by atoms with Crippen LogP contribution in [-0.4, -0.2) is 39.5 Å². The van der Waals surface area contributed by atoms with Crippen molar-refractivity contribution in [3.63, 3.8) is 0 Å². The van der Waals surface area contributed by atoms with Gasteiger partial charge in [-0.25, -0.2) is 9.97 Å². The highest BCUT2D eigenvalue weighted by atomic mass is 35.5. The van der Waals surface area contributed by atoms with Crippen LogP contribution in [0.3, 0.4) is 0 Å². The highest BCUT2D eigenvalue weighted by Gasteiger charge is 2.18. The second-order valence-electron chi connectivity index (χ2n) is 5.69. The second-order valence-corrected chi connectivity index (χ2v) is 6.51. The molecule has 0 bridgehead atoms. The smallest absolute Gasteiger partial charge is 0.143 e. The third-order valence-corrected chi connectivity index (χ3v) is 4.53. The van der Waals surface area contributed by atoms with Gasteiger partial charge in [0.25, 0.3) is 0 Å². The zero-order valence-electron chi connectivity index (χ0n) is 13.7. The fourth-order valence-corrected chi connectivity index (χ4v) is 3.05.